The van der Waals surface area contributed by atoms with E-state index in [9.17, 15) is 9.59 Å². The Morgan fingerprint density at radius 1 is 1.11 bits per heavy atom. The standard InChI is InChI=1S/C21H32N4O2/c1-5-15(6-2)21(27)25-10-9-16(12-25)20-22-13(3)18(14(4)23-20)11-19(26)24-17-7-8-17/h15-17H,5-12H2,1-4H3,(H,24,26)/t16-/m0/s1. The Morgan fingerprint density at radius 3 is 2.30 bits per heavy atom. The summed E-state index contributed by atoms with van der Waals surface area (Å²) >= 11 is 0. The van der Waals surface area contributed by atoms with E-state index in [1.54, 1.807) is 0 Å². The van der Waals surface area contributed by atoms with Crippen molar-refractivity contribution in [3.8, 4) is 0 Å². The maximum atomic E-state index is 12.6. The molecule has 148 valence electrons. The molecule has 6 heteroatoms. The van der Waals surface area contributed by atoms with Gasteiger partial charge in [-0.3, -0.25) is 9.59 Å². The lowest BCUT2D eigenvalue weighted by molar-refractivity contribution is -0.134. The first-order valence-electron chi connectivity index (χ1n) is 10.3. The van der Waals surface area contributed by atoms with Gasteiger partial charge in [0.1, 0.15) is 5.82 Å². The van der Waals surface area contributed by atoms with Crippen molar-refractivity contribution in [1.82, 2.24) is 20.2 Å². The van der Waals surface area contributed by atoms with Crippen molar-refractivity contribution < 1.29 is 9.59 Å². The van der Waals surface area contributed by atoms with Crippen LogP contribution in [0.2, 0.25) is 0 Å². The van der Waals surface area contributed by atoms with Gasteiger partial charge >= 0.3 is 0 Å². The Bertz CT molecular complexity index is 687. The molecule has 1 saturated heterocycles. The van der Waals surface area contributed by atoms with Crippen LogP contribution in [-0.4, -0.2) is 45.8 Å². The molecule has 1 atom stereocenters. The summed E-state index contributed by atoms with van der Waals surface area (Å²) in [6.07, 6.45) is 5.22. The van der Waals surface area contributed by atoms with Gasteiger partial charge in [0.25, 0.3) is 0 Å². The number of rotatable bonds is 7. The van der Waals surface area contributed by atoms with Crippen LogP contribution in [0.5, 0.6) is 0 Å². The largest absolute Gasteiger partial charge is 0.353 e. The Kier molecular flexibility index (Phi) is 6.12. The zero-order chi connectivity index (χ0) is 19.6. The van der Waals surface area contributed by atoms with Crippen LogP contribution in [0.3, 0.4) is 0 Å². The molecule has 2 aliphatic rings. The number of nitrogens with zero attached hydrogens (tertiary/aromatic N) is 3. The maximum absolute atomic E-state index is 12.6. The van der Waals surface area contributed by atoms with E-state index in [0.717, 1.165) is 61.4 Å². The summed E-state index contributed by atoms with van der Waals surface area (Å²) < 4.78 is 0. The molecule has 2 heterocycles. The zero-order valence-electron chi connectivity index (χ0n) is 17.0. The monoisotopic (exact) mass is 372 g/mol. The fraction of sp³-hybridized carbons (Fsp3) is 0.714. The summed E-state index contributed by atoms with van der Waals surface area (Å²) in [7, 11) is 0. The third-order valence-corrected chi connectivity index (χ3v) is 5.92. The van der Waals surface area contributed by atoms with E-state index in [1.165, 1.54) is 0 Å². The minimum Gasteiger partial charge on any atom is -0.353 e. The van der Waals surface area contributed by atoms with Gasteiger partial charge in [-0.25, -0.2) is 9.97 Å². The second-order valence-electron chi connectivity index (χ2n) is 8.03. The summed E-state index contributed by atoms with van der Waals surface area (Å²) in [5, 5.41) is 3.03. The summed E-state index contributed by atoms with van der Waals surface area (Å²) in [6, 6.07) is 0.371. The number of nitrogens with one attached hydrogen (secondary N) is 1. The lowest BCUT2D eigenvalue weighted by Crippen LogP contribution is -2.34. The van der Waals surface area contributed by atoms with Crippen molar-refractivity contribution in [2.24, 2.45) is 5.92 Å². The number of aromatic nitrogens is 2. The molecule has 1 N–H and O–H groups in total. The Hall–Kier alpha value is -1.98. The lowest BCUT2D eigenvalue weighted by atomic mass is 10.0. The predicted molar refractivity (Wildman–Crippen MR) is 104 cm³/mol. The fourth-order valence-corrected chi connectivity index (χ4v) is 3.94. The molecular formula is C21H32N4O2. The van der Waals surface area contributed by atoms with Crippen molar-refractivity contribution in [2.45, 2.75) is 78.2 Å². The minimum atomic E-state index is 0.0582. The van der Waals surface area contributed by atoms with E-state index >= 15 is 0 Å². The summed E-state index contributed by atoms with van der Waals surface area (Å²) in [5.74, 6) is 1.46. The fourth-order valence-electron chi connectivity index (χ4n) is 3.94. The molecule has 1 aliphatic heterocycles. The number of hydrogen-bond donors (Lipinski definition) is 1. The third-order valence-electron chi connectivity index (χ3n) is 5.92. The van der Waals surface area contributed by atoms with Crippen molar-refractivity contribution in [1.29, 1.82) is 0 Å². The average molecular weight is 373 g/mol. The van der Waals surface area contributed by atoms with E-state index in [-0.39, 0.29) is 23.7 Å². The van der Waals surface area contributed by atoms with Crippen LogP contribution in [0.15, 0.2) is 0 Å². The number of carbonyl (C=O) groups is 2. The van der Waals surface area contributed by atoms with E-state index in [0.29, 0.717) is 19.0 Å². The molecule has 2 amide bonds. The van der Waals surface area contributed by atoms with Gasteiger partial charge in [0, 0.05) is 47.9 Å². The molecule has 0 aromatic carbocycles. The first-order valence-corrected chi connectivity index (χ1v) is 10.3. The van der Waals surface area contributed by atoms with Crippen LogP contribution in [0, 0.1) is 19.8 Å². The molecule has 1 aromatic heterocycles. The summed E-state index contributed by atoms with van der Waals surface area (Å²) in [6.45, 7) is 9.56. The van der Waals surface area contributed by atoms with Crippen LogP contribution < -0.4 is 5.32 Å². The van der Waals surface area contributed by atoms with Crippen LogP contribution >= 0.6 is 0 Å². The van der Waals surface area contributed by atoms with Crippen molar-refractivity contribution in [2.75, 3.05) is 13.1 Å². The number of aryl methyl sites for hydroxylation is 2. The SMILES string of the molecule is CCC(CC)C(=O)N1CC[C@H](c2nc(C)c(CC(=O)NC3CC3)c(C)n2)C1. The smallest absolute Gasteiger partial charge is 0.225 e. The molecule has 6 nitrogen and oxygen atoms in total. The van der Waals surface area contributed by atoms with Crippen LogP contribution in [0.4, 0.5) is 0 Å². The van der Waals surface area contributed by atoms with Crippen LogP contribution in [0.25, 0.3) is 0 Å². The molecule has 1 aliphatic carbocycles. The highest BCUT2D eigenvalue weighted by atomic mass is 16.2. The van der Waals surface area contributed by atoms with Gasteiger partial charge in [0.05, 0.1) is 6.42 Å². The summed E-state index contributed by atoms with van der Waals surface area (Å²) in [4.78, 5) is 36.2. The van der Waals surface area contributed by atoms with Crippen molar-refractivity contribution in [3.63, 3.8) is 0 Å². The van der Waals surface area contributed by atoms with E-state index in [2.05, 4.69) is 19.2 Å². The lowest BCUT2D eigenvalue weighted by Gasteiger charge is -2.22. The van der Waals surface area contributed by atoms with Gasteiger partial charge in [-0.2, -0.15) is 0 Å². The highest BCUT2D eigenvalue weighted by Crippen LogP contribution is 2.28. The van der Waals surface area contributed by atoms with E-state index < -0.39 is 0 Å². The van der Waals surface area contributed by atoms with Crippen molar-refractivity contribution in [3.05, 3.63) is 22.8 Å². The van der Waals surface area contributed by atoms with Crippen LogP contribution in [0.1, 0.15) is 74.6 Å². The topological polar surface area (TPSA) is 75.2 Å². The number of likely N-dealkylation sites (tertiary alicyclic amines) is 1. The zero-order valence-corrected chi connectivity index (χ0v) is 17.0. The minimum absolute atomic E-state index is 0.0582. The molecule has 0 spiro atoms. The number of amides is 2. The highest BCUT2D eigenvalue weighted by Gasteiger charge is 2.32. The second-order valence-corrected chi connectivity index (χ2v) is 8.03. The van der Waals surface area contributed by atoms with E-state index in [4.69, 9.17) is 9.97 Å². The second kappa shape index (κ2) is 8.36. The molecule has 0 radical (unpaired) electrons. The Balaban J connectivity index is 1.67. The van der Waals surface area contributed by atoms with E-state index in [1.807, 2.05) is 18.7 Å². The first-order chi connectivity index (χ1) is 12.9. The van der Waals surface area contributed by atoms with Gasteiger partial charge < -0.3 is 10.2 Å². The number of hydrogen-bond acceptors (Lipinski definition) is 4. The van der Waals surface area contributed by atoms with Gasteiger partial charge in [-0.15, -0.1) is 0 Å². The molecular weight excluding hydrogens is 340 g/mol. The molecule has 0 unspecified atom stereocenters. The average Bonchev–Trinajstić information content (AvgIpc) is 3.30. The molecule has 3 rings (SSSR count). The quantitative estimate of drug-likeness (QED) is 0.798. The van der Waals surface area contributed by atoms with Crippen molar-refractivity contribution >= 4 is 11.8 Å². The van der Waals surface area contributed by atoms with Gasteiger partial charge in [0.15, 0.2) is 0 Å². The van der Waals surface area contributed by atoms with Crippen LogP contribution in [-0.2, 0) is 16.0 Å². The first kappa shape index (κ1) is 19.8. The normalized spacial score (nSPS) is 19.6. The molecule has 27 heavy (non-hydrogen) atoms. The van der Waals surface area contributed by atoms with Gasteiger partial charge in [-0.1, -0.05) is 13.8 Å². The molecule has 0 bridgehead atoms. The van der Waals surface area contributed by atoms with Gasteiger partial charge in [0.2, 0.25) is 11.8 Å². The predicted octanol–water partition coefficient (Wildman–Crippen LogP) is 2.67. The molecule has 1 aromatic rings. The maximum Gasteiger partial charge on any atom is 0.225 e. The summed E-state index contributed by atoms with van der Waals surface area (Å²) in [5.41, 5.74) is 2.70. The Morgan fingerprint density at radius 2 is 1.74 bits per heavy atom. The van der Waals surface area contributed by atoms with Gasteiger partial charge in [-0.05, 0) is 46.0 Å². The third kappa shape index (κ3) is 4.66. The highest BCUT2D eigenvalue weighted by molar-refractivity contribution is 5.80. The molecule has 2 fully saturated rings. The number of carbonyl (C=O) groups excluding carboxylic acids is 2. The Labute approximate surface area is 162 Å². The molecule has 1 saturated carbocycles.